The molecule has 1 atom stereocenters. The SMILES string of the molecule is C=CCN1CCC(CCl)C1. The van der Waals surface area contributed by atoms with Crippen molar-refractivity contribution in [3.05, 3.63) is 12.7 Å². The van der Waals surface area contributed by atoms with Crippen LogP contribution in [0.15, 0.2) is 12.7 Å². The van der Waals surface area contributed by atoms with Crippen molar-refractivity contribution in [1.29, 1.82) is 0 Å². The normalized spacial score (nSPS) is 27.1. The van der Waals surface area contributed by atoms with Gasteiger partial charge in [-0.15, -0.1) is 18.2 Å². The van der Waals surface area contributed by atoms with Crippen LogP contribution in [0.2, 0.25) is 0 Å². The van der Waals surface area contributed by atoms with E-state index in [1.807, 2.05) is 6.08 Å². The summed E-state index contributed by atoms with van der Waals surface area (Å²) < 4.78 is 0. The first-order valence-electron chi connectivity index (χ1n) is 3.76. The molecule has 0 spiro atoms. The van der Waals surface area contributed by atoms with Crippen LogP contribution in [0.3, 0.4) is 0 Å². The molecular formula is C8H14ClN. The minimum atomic E-state index is 0.724. The zero-order valence-corrected chi connectivity index (χ0v) is 6.98. The van der Waals surface area contributed by atoms with Gasteiger partial charge in [-0.2, -0.15) is 0 Å². The highest BCUT2D eigenvalue weighted by Gasteiger charge is 2.19. The summed E-state index contributed by atoms with van der Waals surface area (Å²) in [7, 11) is 0. The van der Waals surface area contributed by atoms with E-state index in [4.69, 9.17) is 11.6 Å². The zero-order valence-electron chi connectivity index (χ0n) is 6.22. The third kappa shape index (κ3) is 1.99. The van der Waals surface area contributed by atoms with Crippen molar-refractivity contribution in [3.63, 3.8) is 0 Å². The van der Waals surface area contributed by atoms with Gasteiger partial charge >= 0.3 is 0 Å². The Labute approximate surface area is 67.7 Å². The molecule has 0 amide bonds. The van der Waals surface area contributed by atoms with E-state index in [0.717, 1.165) is 24.9 Å². The van der Waals surface area contributed by atoms with Crippen molar-refractivity contribution in [2.24, 2.45) is 5.92 Å². The summed E-state index contributed by atoms with van der Waals surface area (Å²) in [5.74, 6) is 1.54. The van der Waals surface area contributed by atoms with Gasteiger partial charge in [0, 0.05) is 19.0 Å². The molecule has 0 aromatic heterocycles. The summed E-state index contributed by atoms with van der Waals surface area (Å²) in [5, 5.41) is 0. The van der Waals surface area contributed by atoms with Gasteiger partial charge in [0.15, 0.2) is 0 Å². The maximum Gasteiger partial charge on any atom is 0.0264 e. The molecule has 58 valence electrons. The van der Waals surface area contributed by atoms with Crippen LogP contribution in [0.1, 0.15) is 6.42 Å². The first-order chi connectivity index (χ1) is 4.86. The highest BCUT2D eigenvalue weighted by molar-refractivity contribution is 6.18. The summed E-state index contributed by atoms with van der Waals surface area (Å²) in [6.45, 7) is 7.08. The second-order valence-corrected chi connectivity index (χ2v) is 3.17. The topological polar surface area (TPSA) is 3.24 Å². The van der Waals surface area contributed by atoms with E-state index >= 15 is 0 Å². The summed E-state index contributed by atoms with van der Waals surface area (Å²) in [4.78, 5) is 2.39. The third-order valence-corrected chi connectivity index (χ3v) is 2.41. The van der Waals surface area contributed by atoms with Crippen LogP contribution < -0.4 is 0 Å². The van der Waals surface area contributed by atoms with Crippen LogP contribution in [0.25, 0.3) is 0 Å². The molecule has 1 aliphatic heterocycles. The van der Waals surface area contributed by atoms with Crippen LogP contribution in [-0.4, -0.2) is 30.4 Å². The molecule has 1 saturated heterocycles. The highest BCUT2D eigenvalue weighted by Crippen LogP contribution is 2.16. The number of nitrogens with zero attached hydrogens (tertiary/aromatic N) is 1. The van der Waals surface area contributed by atoms with E-state index in [0.29, 0.717) is 0 Å². The Morgan fingerprint density at radius 2 is 2.50 bits per heavy atom. The van der Waals surface area contributed by atoms with Crippen molar-refractivity contribution in [2.45, 2.75) is 6.42 Å². The summed E-state index contributed by atoms with van der Waals surface area (Å²) >= 11 is 5.72. The molecule has 10 heavy (non-hydrogen) atoms. The standard InChI is InChI=1S/C8H14ClN/c1-2-4-10-5-3-8(6-9)7-10/h2,8H,1,3-7H2. The van der Waals surface area contributed by atoms with E-state index in [2.05, 4.69) is 11.5 Å². The fourth-order valence-electron chi connectivity index (χ4n) is 1.39. The highest BCUT2D eigenvalue weighted by atomic mass is 35.5. The first-order valence-corrected chi connectivity index (χ1v) is 4.29. The Morgan fingerprint density at radius 3 is 3.00 bits per heavy atom. The van der Waals surface area contributed by atoms with E-state index in [-0.39, 0.29) is 0 Å². The number of likely N-dealkylation sites (tertiary alicyclic amines) is 1. The molecule has 0 aliphatic carbocycles. The van der Waals surface area contributed by atoms with Crippen molar-refractivity contribution < 1.29 is 0 Å². The van der Waals surface area contributed by atoms with Crippen LogP contribution in [-0.2, 0) is 0 Å². The zero-order chi connectivity index (χ0) is 7.40. The van der Waals surface area contributed by atoms with Crippen LogP contribution in [0.4, 0.5) is 0 Å². The summed E-state index contributed by atoms with van der Waals surface area (Å²) in [6.07, 6.45) is 3.22. The average molecular weight is 160 g/mol. The smallest absolute Gasteiger partial charge is 0.0264 e. The van der Waals surface area contributed by atoms with E-state index in [1.165, 1.54) is 13.0 Å². The molecule has 1 fully saturated rings. The lowest BCUT2D eigenvalue weighted by Crippen LogP contribution is -2.20. The minimum absolute atomic E-state index is 0.724. The first kappa shape index (κ1) is 8.09. The molecule has 0 aromatic rings. The Kier molecular flexibility index (Phi) is 3.23. The molecular weight excluding hydrogens is 146 g/mol. The molecule has 1 rings (SSSR count). The van der Waals surface area contributed by atoms with E-state index in [1.54, 1.807) is 0 Å². The number of hydrogen-bond acceptors (Lipinski definition) is 1. The van der Waals surface area contributed by atoms with Gasteiger partial charge in [-0.3, -0.25) is 4.90 Å². The summed E-state index contributed by atoms with van der Waals surface area (Å²) in [5.41, 5.74) is 0. The van der Waals surface area contributed by atoms with Gasteiger partial charge in [0.05, 0.1) is 0 Å². The van der Waals surface area contributed by atoms with Gasteiger partial charge < -0.3 is 0 Å². The van der Waals surface area contributed by atoms with E-state index in [9.17, 15) is 0 Å². The second-order valence-electron chi connectivity index (χ2n) is 2.86. The number of hydrogen-bond donors (Lipinski definition) is 0. The number of rotatable bonds is 3. The molecule has 1 heterocycles. The fraction of sp³-hybridized carbons (Fsp3) is 0.750. The Hall–Kier alpha value is -0.0100. The van der Waals surface area contributed by atoms with Crippen molar-refractivity contribution in [1.82, 2.24) is 4.90 Å². The molecule has 0 radical (unpaired) electrons. The fourth-order valence-corrected chi connectivity index (χ4v) is 1.64. The van der Waals surface area contributed by atoms with Gasteiger partial charge in [-0.1, -0.05) is 6.08 Å². The van der Waals surface area contributed by atoms with Crippen LogP contribution in [0.5, 0.6) is 0 Å². The second kappa shape index (κ2) is 3.99. The maximum atomic E-state index is 5.72. The lowest BCUT2D eigenvalue weighted by Gasteiger charge is -2.11. The van der Waals surface area contributed by atoms with Crippen LogP contribution in [0, 0.1) is 5.92 Å². The minimum Gasteiger partial charge on any atom is -0.299 e. The van der Waals surface area contributed by atoms with Crippen molar-refractivity contribution >= 4 is 11.6 Å². The lowest BCUT2D eigenvalue weighted by molar-refractivity contribution is 0.365. The van der Waals surface area contributed by atoms with Gasteiger partial charge in [0.25, 0.3) is 0 Å². The maximum absolute atomic E-state index is 5.72. The molecule has 0 saturated carbocycles. The van der Waals surface area contributed by atoms with Gasteiger partial charge in [-0.05, 0) is 18.9 Å². The monoisotopic (exact) mass is 159 g/mol. The van der Waals surface area contributed by atoms with Crippen LogP contribution >= 0.6 is 11.6 Å². The predicted octanol–water partition coefficient (Wildman–Crippen LogP) is 1.73. The predicted molar refractivity (Wildman–Crippen MR) is 45.5 cm³/mol. The van der Waals surface area contributed by atoms with Crippen molar-refractivity contribution in [3.8, 4) is 0 Å². The van der Waals surface area contributed by atoms with Gasteiger partial charge in [-0.25, -0.2) is 0 Å². The van der Waals surface area contributed by atoms with Gasteiger partial charge in [0.2, 0.25) is 0 Å². The summed E-state index contributed by atoms with van der Waals surface area (Å²) in [6, 6.07) is 0. The molecule has 1 aliphatic rings. The third-order valence-electron chi connectivity index (χ3n) is 1.98. The Morgan fingerprint density at radius 1 is 1.70 bits per heavy atom. The van der Waals surface area contributed by atoms with Crippen molar-refractivity contribution in [2.75, 3.05) is 25.5 Å². The molecule has 0 aromatic carbocycles. The molecule has 0 bridgehead atoms. The lowest BCUT2D eigenvalue weighted by atomic mass is 10.2. The molecule has 1 nitrogen and oxygen atoms in total. The van der Waals surface area contributed by atoms with E-state index < -0.39 is 0 Å². The largest absolute Gasteiger partial charge is 0.299 e. The molecule has 0 N–H and O–H groups in total. The number of halogens is 1. The quantitative estimate of drug-likeness (QED) is 0.448. The molecule has 2 heteroatoms. The number of alkyl halides is 1. The Bertz CT molecular complexity index is 114. The van der Waals surface area contributed by atoms with Gasteiger partial charge in [0.1, 0.15) is 0 Å². The Balaban J connectivity index is 2.21. The average Bonchev–Trinajstić information content (AvgIpc) is 2.37. The molecule has 1 unspecified atom stereocenters.